The van der Waals surface area contributed by atoms with Crippen molar-refractivity contribution >= 4 is 12.2 Å². The Morgan fingerprint density at radius 1 is 1.11 bits per heavy atom. The number of ether oxygens (including phenoxy) is 4. The van der Waals surface area contributed by atoms with Crippen molar-refractivity contribution in [3.05, 3.63) is 29.1 Å². The number of methoxy groups -OCH3 is 4. The Bertz CT molecular complexity index is 858. The maximum absolute atomic E-state index is 11.8. The largest absolute Gasteiger partial charge is 0.493 e. The molecule has 2 aromatic rings. The van der Waals surface area contributed by atoms with Gasteiger partial charge in [0.05, 0.1) is 39.8 Å². The number of nitrogens with zero attached hydrogens (tertiary/aromatic N) is 1. The molecule has 1 heterocycles. The Kier molecular flexibility index (Phi) is 7.28. The average Bonchev–Trinajstić information content (AvgIpc) is 3.07. The summed E-state index contributed by atoms with van der Waals surface area (Å²) in [5.41, 5.74) is 2.27. The molecule has 0 aliphatic heterocycles. The summed E-state index contributed by atoms with van der Waals surface area (Å²) in [6.45, 7) is 0.335. The number of carboxylic acid groups (broad SMARTS) is 1. The van der Waals surface area contributed by atoms with Crippen LogP contribution in [0.25, 0.3) is 11.1 Å². The van der Waals surface area contributed by atoms with Crippen molar-refractivity contribution in [2.45, 2.75) is 6.42 Å². The monoisotopic (exact) mass is 392 g/mol. The highest BCUT2D eigenvalue weighted by Gasteiger charge is 2.26. The molecule has 152 valence electrons. The first-order valence-electron chi connectivity index (χ1n) is 8.36. The minimum Gasteiger partial charge on any atom is -0.493 e. The van der Waals surface area contributed by atoms with E-state index in [0.717, 1.165) is 0 Å². The molecule has 0 saturated heterocycles. The fourth-order valence-electron chi connectivity index (χ4n) is 3.00. The van der Waals surface area contributed by atoms with Gasteiger partial charge in [-0.3, -0.25) is 0 Å². The molecular weight excluding hydrogens is 368 g/mol. The number of hydrogen-bond donors (Lipinski definition) is 2. The Balaban J connectivity index is 2.85. The minimum absolute atomic E-state index is 0.0430. The number of aromatic carboxylic acids is 1. The number of carbonyl (C=O) groups is 1. The number of hydrogen-bond acceptors (Lipinski definition) is 7. The van der Waals surface area contributed by atoms with Crippen LogP contribution in [0.15, 0.2) is 17.3 Å². The summed E-state index contributed by atoms with van der Waals surface area (Å²) >= 11 is 0. The lowest BCUT2D eigenvalue weighted by Gasteiger charge is -2.17. The molecule has 0 fully saturated rings. The molecule has 2 N–H and O–H groups in total. The zero-order valence-corrected chi connectivity index (χ0v) is 16.5. The van der Waals surface area contributed by atoms with Crippen molar-refractivity contribution in [1.82, 2.24) is 4.98 Å². The van der Waals surface area contributed by atoms with Crippen molar-refractivity contribution in [2.75, 3.05) is 42.2 Å². The van der Waals surface area contributed by atoms with Gasteiger partial charge in [0.25, 0.3) is 0 Å². The Hall–Kier alpha value is -3.20. The molecule has 1 aromatic carbocycles. The Labute approximate surface area is 162 Å². The average molecular weight is 392 g/mol. The lowest BCUT2D eigenvalue weighted by atomic mass is 9.96. The smallest absolute Gasteiger partial charge is 0.352 e. The van der Waals surface area contributed by atoms with Gasteiger partial charge < -0.3 is 33.9 Å². The molecule has 0 amide bonds. The second-order valence-corrected chi connectivity index (χ2v) is 5.61. The normalized spacial score (nSPS) is 10.9. The van der Waals surface area contributed by atoms with Crippen LogP contribution in [-0.4, -0.2) is 64.4 Å². The van der Waals surface area contributed by atoms with E-state index in [2.05, 4.69) is 10.1 Å². The number of aromatic nitrogens is 1. The van der Waals surface area contributed by atoms with E-state index in [1.165, 1.54) is 34.7 Å². The first kappa shape index (κ1) is 21.1. The molecule has 0 aliphatic carbocycles. The third-order valence-corrected chi connectivity index (χ3v) is 4.16. The Morgan fingerprint density at radius 3 is 2.36 bits per heavy atom. The zero-order chi connectivity index (χ0) is 20.7. The third kappa shape index (κ3) is 4.04. The molecule has 2 rings (SSSR count). The number of rotatable bonds is 10. The number of oxime groups is 1. The van der Waals surface area contributed by atoms with E-state index in [1.54, 1.807) is 19.2 Å². The lowest BCUT2D eigenvalue weighted by molar-refractivity contribution is 0.0689. The van der Waals surface area contributed by atoms with Gasteiger partial charge in [0.2, 0.25) is 5.75 Å². The van der Waals surface area contributed by atoms with Gasteiger partial charge in [-0.1, -0.05) is 5.16 Å². The van der Waals surface area contributed by atoms with Crippen LogP contribution in [0.3, 0.4) is 0 Å². The van der Waals surface area contributed by atoms with Crippen molar-refractivity contribution in [2.24, 2.45) is 5.16 Å². The van der Waals surface area contributed by atoms with E-state index in [9.17, 15) is 9.90 Å². The lowest BCUT2D eigenvalue weighted by Crippen LogP contribution is -2.05. The van der Waals surface area contributed by atoms with E-state index in [0.29, 0.717) is 52.7 Å². The van der Waals surface area contributed by atoms with Crippen LogP contribution in [0.5, 0.6) is 17.2 Å². The van der Waals surface area contributed by atoms with Crippen molar-refractivity contribution in [3.63, 3.8) is 0 Å². The molecule has 28 heavy (non-hydrogen) atoms. The van der Waals surface area contributed by atoms with Crippen molar-refractivity contribution in [3.8, 4) is 28.4 Å². The quantitative estimate of drug-likeness (QED) is 0.472. The summed E-state index contributed by atoms with van der Waals surface area (Å²) in [5.74, 6) is 0.197. The van der Waals surface area contributed by atoms with Gasteiger partial charge in [0, 0.05) is 18.2 Å². The highest BCUT2D eigenvalue weighted by atomic mass is 16.6. The minimum atomic E-state index is -1.09. The second kappa shape index (κ2) is 9.65. The van der Waals surface area contributed by atoms with Crippen LogP contribution in [-0.2, 0) is 16.0 Å². The van der Waals surface area contributed by atoms with Gasteiger partial charge in [-0.05, 0) is 24.1 Å². The molecule has 0 spiro atoms. The first-order valence-corrected chi connectivity index (χ1v) is 8.36. The van der Waals surface area contributed by atoms with Crippen molar-refractivity contribution in [1.29, 1.82) is 0 Å². The molecule has 0 saturated carbocycles. The SMILES string of the molecule is COCCc1c(C(=O)O)[nH]c(/C=N/OC)c1-c1ccc(OC)c(OC)c1OC. The highest BCUT2D eigenvalue weighted by Crippen LogP contribution is 2.46. The van der Waals surface area contributed by atoms with E-state index < -0.39 is 5.97 Å². The van der Waals surface area contributed by atoms with Gasteiger partial charge in [-0.15, -0.1) is 0 Å². The topological polar surface area (TPSA) is 112 Å². The van der Waals surface area contributed by atoms with Gasteiger partial charge in [0.15, 0.2) is 11.5 Å². The highest BCUT2D eigenvalue weighted by molar-refractivity contribution is 5.99. The second-order valence-electron chi connectivity index (χ2n) is 5.61. The predicted octanol–water partition coefficient (Wildman–Crippen LogP) is 2.57. The van der Waals surface area contributed by atoms with E-state index in [1.807, 2.05) is 0 Å². The van der Waals surface area contributed by atoms with E-state index in [-0.39, 0.29) is 5.69 Å². The van der Waals surface area contributed by atoms with E-state index >= 15 is 0 Å². The van der Waals surface area contributed by atoms with Crippen LogP contribution in [0.2, 0.25) is 0 Å². The summed E-state index contributed by atoms with van der Waals surface area (Å²) in [7, 11) is 7.49. The van der Waals surface area contributed by atoms with Gasteiger partial charge in [0.1, 0.15) is 12.8 Å². The molecule has 0 atom stereocenters. The molecular formula is C19H24N2O7. The van der Waals surface area contributed by atoms with Crippen LogP contribution in [0.4, 0.5) is 0 Å². The summed E-state index contributed by atoms with van der Waals surface area (Å²) in [5, 5.41) is 13.4. The van der Waals surface area contributed by atoms with E-state index in [4.69, 9.17) is 23.8 Å². The number of carboxylic acids is 1. The fourth-order valence-corrected chi connectivity index (χ4v) is 3.00. The van der Waals surface area contributed by atoms with Crippen LogP contribution < -0.4 is 14.2 Å². The van der Waals surface area contributed by atoms with Crippen LogP contribution in [0, 0.1) is 0 Å². The first-order chi connectivity index (χ1) is 13.5. The molecule has 0 radical (unpaired) electrons. The summed E-state index contributed by atoms with van der Waals surface area (Å²) in [6, 6.07) is 3.50. The van der Waals surface area contributed by atoms with Crippen LogP contribution in [0.1, 0.15) is 21.7 Å². The molecule has 9 nitrogen and oxygen atoms in total. The molecule has 0 bridgehead atoms. The third-order valence-electron chi connectivity index (χ3n) is 4.16. The summed E-state index contributed by atoms with van der Waals surface area (Å²) in [4.78, 5) is 19.5. The maximum atomic E-state index is 11.8. The molecule has 0 unspecified atom stereocenters. The number of benzene rings is 1. The Morgan fingerprint density at radius 2 is 1.82 bits per heavy atom. The van der Waals surface area contributed by atoms with Crippen LogP contribution >= 0.6 is 0 Å². The van der Waals surface area contributed by atoms with Gasteiger partial charge in [-0.2, -0.15) is 0 Å². The standard InChI is InChI=1S/C19H24N2O7/c1-24-9-8-11-15(13(10-20-28-5)21-16(11)19(22)23)12-6-7-14(25-2)18(27-4)17(12)26-3/h6-7,10,21H,8-9H2,1-5H3,(H,22,23)/b20-10+. The summed E-state index contributed by atoms with van der Waals surface area (Å²) < 4.78 is 21.5. The summed E-state index contributed by atoms with van der Waals surface area (Å²) in [6.07, 6.45) is 1.77. The molecule has 1 aromatic heterocycles. The fraction of sp³-hybridized carbons (Fsp3) is 0.368. The number of H-pyrrole nitrogens is 1. The predicted molar refractivity (Wildman–Crippen MR) is 103 cm³/mol. The van der Waals surface area contributed by atoms with Gasteiger partial charge >= 0.3 is 5.97 Å². The number of nitrogens with one attached hydrogen (secondary N) is 1. The maximum Gasteiger partial charge on any atom is 0.352 e. The zero-order valence-electron chi connectivity index (χ0n) is 16.5. The van der Waals surface area contributed by atoms with Crippen molar-refractivity contribution < 1.29 is 33.7 Å². The molecule has 0 aliphatic rings. The molecule has 9 heteroatoms. The van der Waals surface area contributed by atoms with Gasteiger partial charge in [-0.25, -0.2) is 4.79 Å². The number of aromatic amines is 1.